The molecule has 5 nitrogen and oxygen atoms in total. The number of amides is 2. The second-order valence-corrected chi connectivity index (χ2v) is 3.92. The summed E-state index contributed by atoms with van der Waals surface area (Å²) in [4.78, 5) is 22.8. The van der Waals surface area contributed by atoms with E-state index in [0.29, 0.717) is 13.2 Å². The Hall–Kier alpha value is -1.95. The molecular formula is C13H17FN2O3. The normalized spacial score (nSPS) is 10.0. The van der Waals surface area contributed by atoms with Crippen LogP contribution in [-0.2, 0) is 20.9 Å². The molecule has 0 aliphatic heterocycles. The van der Waals surface area contributed by atoms with Crippen molar-refractivity contribution in [3.8, 4) is 0 Å². The fraction of sp³-hybridized carbons (Fsp3) is 0.385. The number of hydrogen-bond acceptors (Lipinski definition) is 3. The average Bonchev–Trinajstić information content (AvgIpc) is 2.38. The summed E-state index contributed by atoms with van der Waals surface area (Å²) in [6.07, 6.45) is -0.231. The third kappa shape index (κ3) is 6.52. The van der Waals surface area contributed by atoms with Crippen molar-refractivity contribution in [3.63, 3.8) is 0 Å². The van der Waals surface area contributed by atoms with E-state index in [2.05, 4.69) is 10.6 Å². The highest BCUT2D eigenvalue weighted by Crippen LogP contribution is 2.02. The van der Waals surface area contributed by atoms with Crippen molar-refractivity contribution >= 4 is 11.8 Å². The summed E-state index contributed by atoms with van der Waals surface area (Å²) >= 11 is 0. The summed E-state index contributed by atoms with van der Waals surface area (Å²) in [5, 5.41) is 5.13. The van der Waals surface area contributed by atoms with Gasteiger partial charge in [-0.2, -0.15) is 0 Å². The van der Waals surface area contributed by atoms with Crippen LogP contribution >= 0.6 is 0 Å². The first-order valence-corrected chi connectivity index (χ1v) is 5.88. The van der Waals surface area contributed by atoms with Gasteiger partial charge < -0.3 is 15.4 Å². The lowest BCUT2D eigenvalue weighted by molar-refractivity contribution is -0.129. The molecule has 104 valence electrons. The van der Waals surface area contributed by atoms with Crippen LogP contribution in [0.1, 0.15) is 12.0 Å². The van der Waals surface area contributed by atoms with Gasteiger partial charge >= 0.3 is 0 Å². The minimum atomic E-state index is -0.376. The van der Waals surface area contributed by atoms with Crippen LogP contribution < -0.4 is 10.6 Å². The van der Waals surface area contributed by atoms with Gasteiger partial charge in [-0.3, -0.25) is 9.59 Å². The van der Waals surface area contributed by atoms with Crippen LogP contribution in [0.3, 0.4) is 0 Å². The van der Waals surface area contributed by atoms with Crippen molar-refractivity contribution in [2.75, 3.05) is 20.3 Å². The molecule has 0 saturated carbocycles. The summed E-state index contributed by atoms with van der Waals surface area (Å²) in [5.41, 5.74) is 0.773. The lowest BCUT2D eigenvalue weighted by Gasteiger charge is -2.06. The Kier molecular flexibility index (Phi) is 6.52. The van der Waals surface area contributed by atoms with Gasteiger partial charge in [0.2, 0.25) is 11.8 Å². The van der Waals surface area contributed by atoms with Crippen molar-refractivity contribution in [1.82, 2.24) is 10.6 Å². The molecule has 0 aromatic heterocycles. The molecule has 0 atom stereocenters. The lowest BCUT2D eigenvalue weighted by Crippen LogP contribution is -2.33. The van der Waals surface area contributed by atoms with E-state index in [1.54, 1.807) is 12.1 Å². The van der Waals surface area contributed by atoms with Gasteiger partial charge in [0.15, 0.2) is 0 Å². The van der Waals surface area contributed by atoms with E-state index in [-0.39, 0.29) is 30.6 Å². The van der Waals surface area contributed by atoms with Gasteiger partial charge in [0.05, 0.1) is 6.61 Å². The van der Waals surface area contributed by atoms with E-state index in [9.17, 15) is 14.0 Å². The zero-order valence-electron chi connectivity index (χ0n) is 10.7. The molecule has 0 spiro atoms. The predicted octanol–water partition coefficient (Wildman–Crippen LogP) is 0.595. The van der Waals surface area contributed by atoms with Crippen LogP contribution in [0.2, 0.25) is 0 Å². The second kappa shape index (κ2) is 8.20. The Labute approximate surface area is 111 Å². The molecule has 0 aliphatic rings. The van der Waals surface area contributed by atoms with Crippen molar-refractivity contribution < 1.29 is 18.7 Å². The highest BCUT2D eigenvalue weighted by molar-refractivity contribution is 5.96. The molecule has 0 saturated heterocycles. The molecule has 2 amide bonds. The topological polar surface area (TPSA) is 67.4 Å². The van der Waals surface area contributed by atoms with Crippen LogP contribution in [0.4, 0.5) is 4.39 Å². The third-order valence-corrected chi connectivity index (χ3v) is 2.35. The number of hydrogen-bond donors (Lipinski definition) is 2. The van der Waals surface area contributed by atoms with E-state index in [4.69, 9.17) is 4.74 Å². The second-order valence-electron chi connectivity index (χ2n) is 3.92. The summed E-state index contributed by atoms with van der Waals surface area (Å²) in [5.74, 6) is -1.06. The molecule has 0 radical (unpaired) electrons. The van der Waals surface area contributed by atoms with Gasteiger partial charge in [-0.1, -0.05) is 12.1 Å². The van der Waals surface area contributed by atoms with Crippen LogP contribution in [0, 0.1) is 5.82 Å². The maximum atomic E-state index is 12.7. The molecule has 6 heteroatoms. The number of carbonyl (C=O) groups excluding carboxylic acids is 2. The summed E-state index contributed by atoms with van der Waals surface area (Å²) in [6, 6.07) is 5.79. The molecule has 2 N–H and O–H groups in total. The van der Waals surface area contributed by atoms with Gasteiger partial charge in [-0.15, -0.1) is 0 Å². The van der Waals surface area contributed by atoms with Crippen LogP contribution in [0.5, 0.6) is 0 Å². The Morgan fingerprint density at radius 3 is 2.42 bits per heavy atom. The molecule has 1 aromatic rings. The van der Waals surface area contributed by atoms with Gasteiger partial charge in [0.1, 0.15) is 12.2 Å². The van der Waals surface area contributed by atoms with Crippen molar-refractivity contribution in [2.45, 2.75) is 13.0 Å². The first kappa shape index (κ1) is 15.1. The monoisotopic (exact) mass is 268 g/mol. The van der Waals surface area contributed by atoms with Crippen molar-refractivity contribution in [2.24, 2.45) is 0 Å². The summed E-state index contributed by atoms with van der Waals surface area (Å²) in [6.45, 7) is 1.05. The number of ether oxygens (including phenoxy) is 1. The Bertz CT molecular complexity index is 420. The minimum Gasteiger partial charge on any atom is -0.383 e. The lowest BCUT2D eigenvalue weighted by atomic mass is 10.2. The maximum absolute atomic E-state index is 12.7. The number of benzene rings is 1. The maximum Gasteiger partial charge on any atom is 0.229 e. The fourth-order valence-corrected chi connectivity index (χ4v) is 1.37. The standard InChI is InChI=1S/C13H17FN2O3/c1-19-7-6-15-12(17)8-13(18)16-9-10-2-4-11(14)5-3-10/h2-5H,6-9H2,1H3,(H,15,17)(H,16,18). The van der Waals surface area contributed by atoms with Gasteiger partial charge in [0.25, 0.3) is 0 Å². The largest absolute Gasteiger partial charge is 0.383 e. The first-order valence-electron chi connectivity index (χ1n) is 5.88. The van der Waals surface area contributed by atoms with Crippen LogP contribution in [0.25, 0.3) is 0 Å². The van der Waals surface area contributed by atoms with E-state index in [1.807, 2.05) is 0 Å². The zero-order chi connectivity index (χ0) is 14.1. The third-order valence-electron chi connectivity index (χ3n) is 2.35. The van der Waals surface area contributed by atoms with Gasteiger partial charge in [0, 0.05) is 20.2 Å². The molecule has 1 rings (SSSR count). The smallest absolute Gasteiger partial charge is 0.229 e. The molecular weight excluding hydrogens is 251 g/mol. The molecule has 0 heterocycles. The van der Waals surface area contributed by atoms with E-state index in [0.717, 1.165) is 5.56 Å². The van der Waals surface area contributed by atoms with Crippen LogP contribution in [0.15, 0.2) is 24.3 Å². The van der Waals surface area contributed by atoms with Gasteiger partial charge in [-0.05, 0) is 17.7 Å². The van der Waals surface area contributed by atoms with E-state index < -0.39 is 0 Å². The quantitative estimate of drug-likeness (QED) is 0.562. The molecule has 0 bridgehead atoms. The predicted molar refractivity (Wildman–Crippen MR) is 67.7 cm³/mol. The minimum absolute atomic E-state index is 0.231. The summed E-state index contributed by atoms with van der Waals surface area (Å²) in [7, 11) is 1.53. The van der Waals surface area contributed by atoms with Crippen molar-refractivity contribution in [3.05, 3.63) is 35.6 Å². The first-order chi connectivity index (χ1) is 9.11. The van der Waals surface area contributed by atoms with Gasteiger partial charge in [-0.25, -0.2) is 4.39 Å². The Morgan fingerprint density at radius 1 is 1.16 bits per heavy atom. The Balaban J connectivity index is 2.24. The van der Waals surface area contributed by atoms with Crippen molar-refractivity contribution in [1.29, 1.82) is 0 Å². The van der Waals surface area contributed by atoms with E-state index in [1.165, 1.54) is 19.2 Å². The van der Waals surface area contributed by atoms with E-state index >= 15 is 0 Å². The highest BCUT2D eigenvalue weighted by atomic mass is 19.1. The molecule has 0 unspecified atom stereocenters. The highest BCUT2D eigenvalue weighted by Gasteiger charge is 2.08. The molecule has 0 fully saturated rings. The fourth-order valence-electron chi connectivity index (χ4n) is 1.37. The molecule has 0 aliphatic carbocycles. The summed E-state index contributed by atoms with van der Waals surface area (Å²) < 4.78 is 17.4. The number of methoxy groups -OCH3 is 1. The molecule has 19 heavy (non-hydrogen) atoms. The van der Waals surface area contributed by atoms with Crippen LogP contribution in [-0.4, -0.2) is 32.1 Å². The number of rotatable bonds is 7. The number of carbonyl (C=O) groups is 2. The number of nitrogens with one attached hydrogen (secondary N) is 2. The molecule has 1 aromatic carbocycles. The zero-order valence-corrected chi connectivity index (χ0v) is 10.7. The Morgan fingerprint density at radius 2 is 1.79 bits per heavy atom. The SMILES string of the molecule is COCCNC(=O)CC(=O)NCc1ccc(F)cc1. The average molecular weight is 268 g/mol. The number of halogens is 1.